The number of hydrogen-bond acceptors (Lipinski definition) is 4. The molecule has 1 aliphatic rings. The Morgan fingerprint density at radius 2 is 1.87 bits per heavy atom. The van der Waals surface area contributed by atoms with Gasteiger partial charge in [-0.25, -0.2) is 4.98 Å². The third-order valence-corrected chi connectivity index (χ3v) is 5.90. The van der Waals surface area contributed by atoms with Gasteiger partial charge in [-0.1, -0.05) is 49.6 Å². The zero-order chi connectivity index (χ0) is 16.3. The lowest BCUT2D eigenvalue weighted by molar-refractivity contribution is 0.00232. The predicted molar refractivity (Wildman–Crippen MR) is 95.5 cm³/mol. The molecule has 3 nitrogen and oxygen atoms in total. The van der Waals surface area contributed by atoms with E-state index in [0.29, 0.717) is 0 Å². The average Bonchev–Trinajstić information content (AvgIpc) is 3.04. The molecule has 4 heteroatoms. The summed E-state index contributed by atoms with van der Waals surface area (Å²) < 4.78 is 0. The average molecular weight is 330 g/mol. The van der Waals surface area contributed by atoms with E-state index in [1.54, 1.807) is 11.3 Å². The van der Waals surface area contributed by atoms with E-state index in [1.165, 1.54) is 19.3 Å². The minimum atomic E-state index is -0.899. The lowest BCUT2D eigenvalue weighted by atomic mass is 9.73. The van der Waals surface area contributed by atoms with E-state index in [4.69, 9.17) is 0 Å². The fourth-order valence-corrected chi connectivity index (χ4v) is 4.85. The van der Waals surface area contributed by atoms with E-state index in [1.807, 2.05) is 38.5 Å². The van der Waals surface area contributed by atoms with Crippen LogP contribution in [0.4, 0.5) is 0 Å². The van der Waals surface area contributed by atoms with Crippen LogP contribution in [0.3, 0.4) is 0 Å². The van der Waals surface area contributed by atoms with Gasteiger partial charge in [0.25, 0.3) is 0 Å². The summed E-state index contributed by atoms with van der Waals surface area (Å²) in [5.41, 5.74) is 0.108. The highest BCUT2D eigenvalue weighted by Crippen LogP contribution is 2.45. The summed E-state index contributed by atoms with van der Waals surface area (Å²) in [6, 6.07) is 10.2. The molecule has 0 saturated heterocycles. The Bertz CT molecular complexity index is 619. The fourth-order valence-electron chi connectivity index (χ4n) is 3.62. The smallest absolute Gasteiger partial charge is 0.128 e. The zero-order valence-electron chi connectivity index (χ0n) is 14.0. The van der Waals surface area contributed by atoms with Gasteiger partial charge < -0.3 is 10.0 Å². The van der Waals surface area contributed by atoms with Crippen molar-refractivity contribution in [2.24, 2.45) is 5.92 Å². The molecule has 124 valence electrons. The molecule has 0 radical (unpaired) electrons. The van der Waals surface area contributed by atoms with Crippen LogP contribution in [-0.4, -0.2) is 29.1 Å². The summed E-state index contributed by atoms with van der Waals surface area (Å²) >= 11 is 1.65. The van der Waals surface area contributed by atoms with Gasteiger partial charge in [-0.2, -0.15) is 0 Å². The summed E-state index contributed by atoms with van der Waals surface area (Å²) in [6.45, 7) is 0.820. The highest BCUT2D eigenvalue weighted by molar-refractivity contribution is 7.11. The Morgan fingerprint density at radius 1 is 1.17 bits per heavy atom. The molecular weight excluding hydrogens is 304 g/mol. The van der Waals surface area contributed by atoms with Crippen LogP contribution in [0.15, 0.2) is 36.5 Å². The second-order valence-corrected chi connectivity index (χ2v) is 7.94. The molecule has 1 fully saturated rings. The van der Waals surface area contributed by atoms with Crippen molar-refractivity contribution in [3.63, 3.8) is 0 Å². The Kier molecular flexibility index (Phi) is 5.14. The van der Waals surface area contributed by atoms with Gasteiger partial charge in [0.2, 0.25) is 0 Å². The van der Waals surface area contributed by atoms with Crippen LogP contribution in [0.1, 0.15) is 47.6 Å². The third kappa shape index (κ3) is 3.49. The molecule has 3 rings (SSSR count). The molecule has 1 atom stereocenters. The highest BCUT2D eigenvalue weighted by Gasteiger charge is 2.42. The lowest BCUT2D eigenvalue weighted by Crippen LogP contribution is -2.37. The topological polar surface area (TPSA) is 36.4 Å². The number of rotatable bonds is 5. The van der Waals surface area contributed by atoms with Crippen molar-refractivity contribution in [3.8, 4) is 0 Å². The molecule has 1 heterocycles. The van der Waals surface area contributed by atoms with Crippen LogP contribution in [0.25, 0.3) is 0 Å². The van der Waals surface area contributed by atoms with Crippen molar-refractivity contribution >= 4 is 11.3 Å². The van der Waals surface area contributed by atoms with Crippen molar-refractivity contribution in [2.75, 3.05) is 14.1 Å². The maximum atomic E-state index is 11.8. The van der Waals surface area contributed by atoms with Gasteiger partial charge in [-0.05, 0) is 38.4 Å². The highest BCUT2D eigenvalue weighted by atomic mass is 32.1. The maximum absolute atomic E-state index is 11.8. The molecule has 1 aromatic heterocycles. The van der Waals surface area contributed by atoms with Gasteiger partial charge in [0.1, 0.15) is 10.6 Å². The van der Waals surface area contributed by atoms with Gasteiger partial charge in [0.05, 0.1) is 4.88 Å². The van der Waals surface area contributed by atoms with E-state index >= 15 is 0 Å². The first-order valence-corrected chi connectivity index (χ1v) is 9.30. The molecule has 0 amide bonds. The molecule has 0 spiro atoms. The molecule has 1 aromatic carbocycles. The van der Waals surface area contributed by atoms with E-state index in [9.17, 15) is 5.11 Å². The van der Waals surface area contributed by atoms with Crippen molar-refractivity contribution in [2.45, 2.75) is 44.2 Å². The SMILES string of the molecule is CN(C)Cc1ncc(C(O)(c2ccccc2)C2CCCCC2)s1. The second-order valence-electron chi connectivity index (χ2n) is 6.82. The largest absolute Gasteiger partial charge is 0.379 e. The van der Waals surface area contributed by atoms with Gasteiger partial charge >= 0.3 is 0 Å². The van der Waals surface area contributed by atoms with Crippen LogP contribution in [0.2, 0.25) is 0 Å². The van der Waals surface area contributed by atoms with Gasteiger partial charge in [0.15, 0.2) is 0 Å². The van der Waals surface area contributed by atoms with Crippen molar-refractivity contribution in [1.29, 1.82) is 0 Å². The predicted octanol–water partition coefficient (Wildman–Crippen LogP) is 4.02. The summed E-state index contributed by atoms with van der Waals surface area (Å²) in [4.78, 5) is 7.67. The van der Waals surface area contributed by atoms with E-state index in [2.05, 4.69) is 22.0 Å². The first-order valence-electron chi connectivity index (χ1n) is 8.48. The number of aliphatic hydroxyl groups is 1. The number of aromatic nitrogens is 1. The first kappa shape index (κ1) is 16.6. The Balaban J connectivity index is 1.99. The Hall–Kier alpha value is -1.23. The standard InChI is InChI=1S/C19H26N2OS/c1-21(2)14-18-20-13-17(23-18)19(22,15-9-5-3-6-10-15)16-11-7-4-8-12-16/h3,5-6,9-10,13,16,22H,4,7-8,11-12,14H2,1-2H3. The van der Waals surface area contributed by atoms with Gasteiger partial charge in [-0.3, -0.25) is 0 Å². The van der Waals surface area contributed by atoms with E-state index in [-0.39, 0.29) is 5.92 Å². The van der Waals surface area contributed by atoms with Crippen LogP contribution < -0.4 is 0 Å². The minimum absolute atomic E-state index is 0.284. The minimum Gasteiger partial charge on any atom is -0.379 e. The normalized spacial score (nSPS) is 19.0. The van der Waals surface area contributed by atoms with Crippen LogP contribution in [0, 0.1) is 5.92 Å². The molecule has 2 aromatic rings. The van der Waals surface area contributed by atoms with E-state index in [0.717, 1.165) is 34.8 Å². The monoisotopic (exact) mass is 330 g/mol. The Morgan fingerprint density at radius 3 is 2.52 bits per heavy atom. The molecule has 1 saturated carbocycles. The second kappa shape index (κ2) is 7.12. The van der Waals surface area contributed by atoms with Crippen molar-refractivity contribution in [1.82, 2.24) is 9.88 Å². The summed E-state index contributed by atoms with van der Waals surface area (Å²) in [5.74, 6) is 0.284. The molecule has 1 unspecified atom stereocenters. The molecule has 1 N–H and O–H groups in total. The number of hydrogen-bond donors (Lipinski definition) is 1. The summed E-state index contributed by atoms with van der Waals surface area (Å²) in [7, 11) is 4.09. The number of benzene rings is 1. The maximum Gasteiger partial charge on any atom is 0.128 e. The number of thiazole rings is 1. The van der Waals surface area contributed by atoms with Crippen LogP contribution >= 0.6 is 11.3 Å². The molecule has 0 bridgehead atoms. The fraction of sp³-hybridized carbons (Fsp3) is 0.526. The third-order valence-electron chi connectivity index (χ3n) is 4.79. The van der Waals surface area contributed by atoms with Crippen molar-refractivity contribution in [3.05, 3.63) is 52.0 Å². The van der Waals surface area contributed by atoms with E-state index < -0.39 is 5.60 Å². The van der Waals surface area contributed by atoms with Crippen LogP contribution in [-0.2, 0) is 12.1 Å². The van der Waals surface area contributed by atoms with Crippen LogP contribution in [0.5, 0.6) is 0 Å². The first-order chi connectivity index (χ1) is 11.1. The zero-order valence-corrected chi connectivity index (χ0v) is 14.9. The quantitative estimate of drug-likeness (QED) is 0.899. The molecule has 1 aliphatic carbocycles. The molecule has 23 heavy (non-hydrogen) atoms. The van der Waals surface area contributed by atoms with Crippen molar-refractivity contribution < 1.29 is 5.11 Å². The summed E-state index contributed by atoms with van der Waals surface area (Å²) in [6.07, 6.45) is 7.78. The summed E-state index contributed by atoms with van der Waals surface area (Å²) in [5, 5.41) is 12.8. The van der Waals surface area contributed by atoms with Gasteiger partial charge in [-0.15, -0.1) is 11.3 Å². The van der Waals surface area contributed by atoms with Gasteiger partial charge in [0, 0.05) is 12.7 Å². The lowest BCUT2D eigenvalue weighted by Gasteiger charge is -2.38. The Labute approximate surface area is 143 Å². The number of nitrogens with zero attached hydrogens (tertiary/aromatic N) is 2. The molecular formula is C19H26N2OS. The molecule has 0 aliphatic heterocycles.